The molecule has 19 heavy (non-hydrogen) atoms. The summed E-state index contributed by atoms with van der Waals surface area (Å²) in [6.07, 6.45) is 1.76. The summed E-state index contributed by atoms with van der Waals surface area (Å²) in [6, 6.07) is 8.45. The van der Waals surface area contributed by atoms with E-state index in [1.165, 1.54) is 12.1 Å². The van der Waals surface area contributed by atoms with E-state index in [0.29, 0.717) is 13.1 Å². The van der Waals surface area contributed by atoms with Crippen LogP contribution in [0.4, 0.5) is 15.9 Å². The van der Waals surface area contributed by atoms with Crippen LogP contribution < -0.4 is 10.6 Å². The number of nitrogens with zero attached hydrogens (tertiary/aromatic N) is 2. The average molecular weight is 259 g/mol. The number of anilines is 2. The lowest BCUT2D eigenvalue weighted by Crippen LogP contribution is -2.20. The van der Waals surface area contributed by atoms with E-state index in [9.17, 15) is 4.39 Å². The number of aromatic nitrogens is 1. The van der Waals surface area contributed by atoms with Gasteiger partial charge in [-0.1, -0.05) is 6.07 Å². The van der Waals surface area contributed by atoms with Crippen LogP contribution in [0.5, 0.6) is 0 Å². The van der Waals surface area contributed by atoms with Crippen LogP contribution in [0.1, 0.15) is 18.1 Å². The lowest BCUT2D eigenvalue weighted by Gasteiger charge is -2.25. The Morgan fingerprint density at radius 3 is 2.74 bits per heavy atom. The molecule has 1 aromatic heterocycles. The molecule has 3 nitrogen and oxygen atoms in total. The van der Waals surface area contributed by atoms with Crippen LogP contribution in [0.15, 0.2) is 36.5 Å². The van der Waals surface area contributed by atoms with Crippen LogP contribution in [-0.4, -0.2) is 11.5 Å². The molecule has 0 unspecified atom stereocenters. The highest BCUT2D eigenvalue weighted by molar-refractivity contribution is 5.63. The Kier molecular flexibility index (Phi) is 4.12. The summed E-state index contributed by atoms with van der Waals surface area (Å²) in [5.41, 5.74) is 8.69. The monoisotopic (exact) mass is 259 g/mol. The van der Waals surface area contributed by atoms with E-state index in [4.69, 9.17) is 5.73 Å². The Morgan fingerprint density at radius 1 is 1.32 bits per heavy atom. The predicted molar refractivity (Wildman–Crippen MR) is 75.9 cm³/mol. The van der Waals surface area contributed by atoms with Crippen LogP contribution in [0.25, 0.3) is 0 Å². The molecule has 0 radical (unpaired) electrons. The summed E-state index contributed by atoms with van der Waals surface area (Å²) in [7, 11) is 0. The van der Waals surface area contributed by atoms with E-state index >= 15 is 0 Å². The lowest BCUT2D eigenvalue weighted by atomic mass is 10.1. The van der Waals surface area contributed by atoms with Crippen LogP contribution >= 0.6 is 0 Å². The number of nitrogens with two attached hydrogens (primary N) is 1. The van der Waals surface area contributed by atoms with Crippen LogP contribution in [0.3, 0.4) is 0 Å². The van der Waals surface area contributed by atoms with Gasteiger partial charge in [-0.15, -0.1) is 0 Å². The first-order chi connectivity index (χ1) is 9.17. The SMILES string of the molecule is CCN(c1cccc(F)c1)c1nccc(C)c1CN. The van der Waals surface area contributed by atoms with Gasteiger partial charge in [0.25, 0.3) is 0 Å². The fraction of sp³-hybridized carbons (Fsp3) is 0.267. The second kappa shape index (κ2) is 5.80. The Balaban J connectivity index is 2.51. The van der Waals surface area contributed by atoms with Gasteiger partial charge in [-0.05, 0) is 43.7 Å². The Labute approximate surface area is 112 Å². The molecule has 1 aromatic carbocycles. The first kappa shape index (κ1) is 13.5. The fourth-order valence-electron chi connectivity index (χ4n) is 2.16. The van der Waals surface area contributed by atoms with Crippen molar-refractivity contribution in [2.75, 3.05) is 11.4 Å². The van der Waals surface area contributed by atoms with Gasteiger partial charge in [-0.2, -0.15) is 0 Å². The van der Waals surface area contributed by atoms with E-state index < -0.39 is 0 Å². The van der Waals surface area contributed by atoms with E-state index in [0.717, 1.165) is 22.6 Å². The average Bonchev–Trinajstić information content (AvgIpc) is 2.40. The molecule has 0 bridgehead atoms. The first-order valence-corrected chi connectivity index (χ1v) is 6.35. The zero-order valence-corrected chi connectivity index (χ0v) is 11.2. The smallest absolute Gasteiger partial charge is 0.137 e. The van der Waals surface area contributed by atoms with Crippen molar-refractivity contribution in [1.29, 1.82) is 0 Å². The maximum Gasteiger partial charge on any atom is 0.137 e. The van der Waals surface area contributed by atoms with Crippen molar-refractivity contribution in [3.05, 3.63) is 53.5 Å². The summed E-state index contributed by atoms with van der Waals surface area (Å²) in [5, 5.41) is 0. The summed E-state index contributed by atoms with van der Waals surface area (Å²) in [4.78, 5) is 6.38. The molecular formula is C15H18FN3. The third-order valence-corrected chi connectivity index (χ3v) is 3.16. The van der Waals surface area contributed by atoms with E-state index in [2.05, 4.69) is 4.98 Å². The maximum atomic E-state index is 13.4. The minimum atomic E-state index is -0.252. The normalized spacial score (nSPS) is 10.5. The van der Waals surface area contributed by atoms with Crippen molar-refractivity contribution in [1.82, 2.24) is 4.98 Å². The number of benzene rings is 1. The number of halogens is 1. The molecule has 0 fully saturated rings. The molecule has 0 saturated heterocycles. The quantitative estimate of drug-likeness (QED) is 0.917. The van der Waals surface area contributed by atoms with E-state index in [1.54, 1.807) is 12.3 Å². The summed E-state index contributed by atoms with van der Waals surface area (Å²) < 4.78 is 13.4. The van der Waals surface area contributed by atoms with Gasteiger partial charge in [0, 0.05) is 30.5 Å². The minimum absolute atomic E-state index is 0.252. The molecule has 4 heteroatoms. The highest BCUT2D eigenvalue weighted by atomic mass is 19.1. The third kappa shape index (κ3) is 2.74. The molecule has 2 N–H and O–H groups in total. The standard InChI is InChI=1S/C15H18FN3/c1-3-19(13-6-4-5-12(16)9-13)15-14(10-17)11(2)7-8-18-15/h4-9H,3,10,17H2,1-2H3. The zero-order valence-electron chi connectivity index (χ0n) is 11.2. The van der Waals surface area contributed by atoms with Crippen molar-refractivity contribution >= 4 is 11.5 Å². The highest BCUT2D eigenvalue weighted by Crippen LogP contribution is 2.28. The number of hydrogen-bond acceptors (Lipinski definition) is 3. The molecule has 100 valence electrons. The van der Waals surface area contributed by atoms with E-state index in [-0.39, 0.29) is 5.82 Å². The van der Waals surface area contributed by atoms with Crippen molar-refractivity contribution < 1.29 is 4.39 Å². The molecule has 0 aliphatic rings. The second-order valence-corrected chi connectivity index (χ2v) is 4.36. The molecule has 0 aliphatic carbocycles. The second-order valence-electron chi connectivity index (χ2n) is 4.36. The number of pyridine rings is 1. The minimum Gasteiger partial charge on any atom is -0.326 e. The molecule has 0 saturated carbocycles. The van der Waals surface area contributed by atoms with Gasteiger partial charge in [-0.25, -0.2) is 9.37 Å². The van der Waals surface area contributed by atoms with Crippen LogP contribution in [-0.2, 0) is 6.54 Å². The molecule has 0 spiro atoms. The largest absolute Gasteiger partial charge is 0.326 e. The van der Waals surface area contributed by atoms with Crippen LogP contribution in [0, 0.1) is 12.7 Å². The molecule has 0 amide bonds. The van der Waals surface area contributed by atoms with Gasteiger partial charge in [0.05, 0.1) is 0 Å². The number of hydrogen-bond donors (Lipinski definition) is 1. The van der Waals surface area contributed by atoms with Crippen molar-refractivity contribution in [2.45, 2.75) is 20.4 Å². The summed E-state index contributed by atoms with van der Waals surface area (Å²) in [5.74, 6) is 0.550. The van der Waals surface area contributed by atoms with Gasteiger partial charge in [0.1, 0.15) is 11.6 Å². The van der Waals surface area contributed by atoms with Gasteiger partial charge in [0.2, 0.25) is 0 Å². The third-order valence-electron chi connectivity index (χ3n) is 3.16. The Morgan fingerprint density at radius 2 is 2.11 bits per heavy atom. The van der Waals surface area contributed by atoms with Crippen molar-refractivity contribution in [3.8, 4) is 0 Å². The fourth-order valence-corrected chi connectivity index (χ4v) is 2.16. The summed E-state index contributed by atoms with van der Waals surface area (Å²) in [6.45, 7) is 5.13. The first-order valence-electron chi connectivity index (χ1n) is 6.35. The Hall–Kier alpha value is -1.94. The lowest BCUT2D eigenvalue weighted by molar-refractivity contribution is 0.627. The van der Waals surface area contributed by atoms with Gasteiger partial charge < -0.3 is 10.6 Å². The van der Waals surface area contributed by atoms with Crippen LogP contribution in [0.2, 0.25) is 0 Å². The highest BCUT2D eigenvalue weighted by Gasteiger charge is 2.14. The van der Waals surface area contributed by atoms with Gasteiger partial charge in [-0.3, -0.25) is 0 Å². The zero-order chi connectivity index (χ0) is 13.8. The maximum absolute atomic E-state index is 13.4. The molecule has 0 atom stereocenters. The molecule has 0 aliphatic heterocycles. The van der Waals surface area contributed by atoms with Gasteiger partial charge >= 0.3 is 0 Å². The number of rotatable bonds is 4. The topological polar surface area (TPSA) is 42.2 Å². The van der Waals surface area contributed by atoms with Gasteiger partial charge in [0.15, 0.2) is 0 Å². The van der Waals surface area contributed by atoms with Crippen molar-refractivity contribution in [2.24, 2.45) is 5.73 Å². The van der Waals surface area contributed by atoms with Crippen molar-refractivity contribution in [3.63, 3.8) is 0 Å². The predicted octanol–water partition coefficient (Wildman–Crippen LogP) is 3.15. The van der Waals surface area contributed by atoms with E-state index in [1.807, 2.05) is 30.9 Å². The summed E-state index contributed by atoms with van der Waals surface area (Å²) >= 11 is 0. The molecular weight excluding hydrogens is 241 g/mol. The molecule has 1 heterocycles. The molecule has 2 rings (SSSR count). The Bertz CT molecular complexity index is 569. The number of aryl methyl sites for hydroxylation is 1. The molecule has 2 aromatic rings.